The van der Waals surface area contributed by atoms with E-state index < -0.39 is 11.4 Å². The predicted molar refractivity (Wildman–Crippen MR) is 67.2 cm³/mol. The molecule has 1 aliphatic rings. The summed E-state index contributed by atoms with van der Waals surface area (Å²) in [5.41, 5.74) is -0.578. The van der Waals surface area contributed by atoms with Crippen LogP contribution in [0.4, 0.5) is 0 Å². The third-order valence-corrected chi connectivity index (χ3v) is 3.59. The fourth-order valence-corrected chi connectivity index (χ4v) is 2.35. The summed E-state index contributed by atoms with van der Waals surface area (Å²) < 4.78 is 4.74. The van der Waals surface area contributed by atoms with Crippen LogP contribution in [0.25, 0.3) is 0 Å². The van der Waals surface area contributed by atoms with E-state index in [1.165, 1.54) is 7.11 Å². The van der Waals surface area contributed by atoms with Crippen molar-refractivity contribution < 1.29 is 19.4 Å². The van der Waals surface area contributed by atoms with E-state index in [0.29, 0.717) is 13.0 Å². The molecular weight excluding hydrogens is 234 g/mol. The average molecular weight is 257 g/mol. The van der Waals surface area contributed by atoms with Crippen LogP contribution >= 0.6 is 0 Å². The van der Waals surface area contributed by atoms with Crippen LogP contribution in [0.2, 0.25) is 0 Å². The number of aliphatic carboxylic acids is 1. The van der Waals surface area contributed by atoms with Crippen molar-refractivity contribution >= 4 is 11.9 Å². The molecule has 1 fully saturated rings. The number of nitrogens with one attached hydrogen (secondary N) is 1. The van der Waals surface area contributed by atoms with Gasteiger partial charge in [0, 0.05) is 12.6 Å². The summed E-state index contributed by atoms with van der Waals surface area (Å²) in [5.74, 6) is -1.22. The van der Waals surface area contributed by atoms with Crippen LogP contribution in [0.5, 0.6) is 0 Å². The summed E-state index contributed by atoms with van der Waals surface area (Å²) in [4.78, 5) is 22.5. The van der Waals surface area contributed by atoms with Gasteiger partial charge in [0.25, 0.3) is 0 Å². The van der Waals surface area contributed by atoms with Crippen LogP contribution in [-0.2, 0) is 14.3 Å². The highest BCUT2D eigenvalue weighted by Gasteiger charge is 2.31. The van der Waals surface area contributed by atoms with Gasteiger partial charge in [-0.3, -0.25) is 9.59 Å². The maximum atomic E-state index is 11.5. The Kier molecular flexibility index (Phi) is 5.14. The molecule has 2 unspecified atom stereocenters. The SMILES string of the molecule is COC(=O)C(C)(C)CNC1CCCC(C(=O)O)C1. The van der Waals surface area contributed by atoms with Crippen molar-refractivity contribution in [2.75, 3.05) is 13.7 Å². The van der Waals surface area contributed by atoms with Gasteiger partial charge in [-0.2, -0.15) is 0 Å². The lowest BCUT2D eigenvalue weighted by molar-refractivity contribution is -0.150. The van der Waals surface area contributed by atoms with Crippen molar-refractivity contribution in [3.8, 4) is 0 Å². The number of hydrogen-bond donors (Lipinski definition) is 2. The van der Waals surface area contributed by atoms with Gasteiger partial charge in [-0.05, 0) is 33.1 Å². The number of hydrogen-bond acceptors (Lipinski definition) is 4. The molecule has 0 aromatic heterocycles. The normalized spacial score (nSPS) is 24.6. The Hall–Kier alpha value is -1.10. The highest BCUT2D eigenvalue weighted by molar-refractivity contribution is 5.76. The first kappa shape index (κ1) is 15.0. The molecule has 18 heavy (non-hydrogen) atoms. The smallest absolute Gasteiger partial charge is 0.312 e. The first-order valence-corrected chi connectivity index (χ1v) is 6.41. The van der Waals surface area contributed by atoms with E-state index in [4.69, 9.17) is 9.84 Å². The summed E-state index contributed by atoms with van der Waals surface area (Å²) in [6.45, 7) is 4.16. The molecule has 0 saturated heterocycles. The zero-order chi connectivity index (χ0) is 13.8. The maximum absolute atomic E-state index is 11.5. The molecule has 0 aromatic carbocycles. The standard InChI is InChI=1S/C13H23NO4/c1-13(2,12(17)18-3)8-14-10-6-4-5-9(7-10)11(15)16/h9-10,14H,4-8H2,1-3H3,(H,15,16). The van der Waals surface area contributed by atoms with E-state index >= 15 is 0 Å². The van der Waals surface area contributed by atoms with Gasteiger partial charge in [0.05, 0.1) is 18.4 Å². The highest BCUT2D eigenvalue weighted by atomic mass is 16.5. The van der Waals surface area contributed by atoms with Crippen LogP contribution in [-0.4, -0.2) is 36.7 Å². The van der Waals surface area contributed by atoms with Crippen molar-refractivity contribution in [3.63, 3.8) is 0 Å². The third-order valence-electron chi connectivity index (χ3n) is 3.59. The molecule has 0 amide bonds. The van der Waals surface area contributed by atoms with E-state index in [0.717, 1.165) is 19.3 Å². The van der Waals surface area contributed by atoms with E-state index in [2.05, 4.69) is 5.32 Å². The Morgan fingerprint density at radius 1 is 1.39 bits per heavy atom. The molecule has 2 N–H and O–H groups in total. The van der Waals surface area contributed by atoms with Crippen LogP contribution in [0, 0.1) is 11.3 Å². The highest BCUT2D eigenvalue weighted by Crippen LogP contribution is 2.25. The lowest BCUT2D eigenvalue weighted by atomic mass is 9.85. The molecule has 1 saturated carbocycles. The van der Waals surface area contributed by atoms with Gasteiger partial charge in [-0.1, -0.05) is 6.42 Å². The van der Waals surface area contributed by atoms with Crippen molar-refractivity contribution in [1.82, 2.24) is 5.32 Å². The minimum atomic E-state index is -0.714. The number of carboxylic acid groups (broad SMARTS) is 1. The fourth-order valence-electron chi connectivity index (χ4n) is 2.35. The van der Waals surface area contributed by atoms with Gasteiger partial charge < -0.3 is 15.2 Å². The van der Waals surface area contributed by atoms with E-state index in [-0.39, 0.29) is 17.9 Å². The lowest BCUT2D eigenvalue weighted by Gasteiger charge is -2.30. The van der Waals surface area contributed by atoms with Gasteiger partial charge in [-0.25, -0.2) is 0 Å². The third kappa shape index (κ3) is 3.98. The van der Waals surface area contributed by atoms with Crippen LogP contribution in [0.3, 0.4) is 0 Å². The van der Waals surface area contributed by atoms with Gasteiger partial charge in [-0.15, -0.1) is 0 Å². The minimum Gasteiger partial charge on any atom is -0.481 e. The second-order valence-electron chi connectivity index (χ2n) is 5.66. The molecule has 0 aliphatic heterocycles. The zero-order valence-corrected chi connectivity index (χ0v) is 11.4. The molecule has 104 valence electrons. The van der Waals surface area contributed by atoms with Gasteiger partial charge in [0.1, 0.15) is 0 Å². The molecule has 1 rings (SSSR count). The average Bonchev–Trinajstić information content (AvgIpc) is 2.35. The summed E-state index contributed by atoms with van der Waals surface area (Å²) in [7, 11) is 1.38. The summed E-state index contributed by atoms with van der Waals surface area (Å²) in [6, 6.07) is 0.184. The molecule has 5 nitrogen and oxygen atoms in total. The van der Waals surface area contributed by atoms with Crippen LogP contribution in [0.1, 0.15) is 39.5 Å². The van der Waals surface area contributed by atoms with Crippen LogP contribution < -0.4 is 5.32 Å². The number of methoxy groups -OCH3 is 1. The van der Waals surface area contributed by atoms with Crippen molar-refractivity contribution in [2.45, 2.75) is 45.6 Å². The molecule has 2 atom stereocenters. The first-order valence-electron chi connectivity index (χ1n) is 6.41. The summed E-state index contributed by atoms with van der Waals surface area (Å²) >= 11 is 0. The molecule has 5 heteroatoms. The Morgan fingerprint density at radius 2 is 2.06 bits per heavy atom. The lowest BCUT2D eigenvalue weighted by Crippen LogP contribution is -2.44. The topological polar surface area (TPSA) is 75.6 Å². The monoisotopic (exact) mass is 257 g/mol. The molecule has 0 aromatic rings. The first-order chi connectivity index (χ1) is 8.36. The number of carboxylic acids is 1. The molecule has 0 spiro atoms. The number of esters is 1. The fraction of sp³-hybridized carbons (Fsp3) is 0.846. The largest absolute Gasteiger partial charge is 0.481 e. The van der Waals surface area contributed by atoms with E-state index in [1.807, 2.05) is 13.8 Å². The Bertz CT molecular complexity index is 314. The second-order valence-corrected chi connectivity index (χ2v) is 5.66. The quantitative estimate of drug-likeness (QED) is 0.728. The van der Waals surface area contributed by atoms with Crippen molar-refractivity contribution in [1.29, 1.82) is 0 Å². The molecule has 0 bridgehead atoms. The Balaban J connectivity index is 2.43. The number of carbonyl (C=O) groups excluding carboxylic acids is 1. The van der Waals surface area contributed by atoms with E-state index in [9.17, 15) is 9.59 Å². The number of rotatable bonds is 5. The molecule has 1 aliphatic carbocycles. The summed E-state index contributed by atoms with van der Waals surface area (Å²) in [6.07, 6.45) is 3.30. The van der Waals surface area contributed by atoms with Gasteiger partial charge in [0.2, 0.25) is 0 Å². The van der Waals surface area contributed by atoms with Gasteiger partial charge >= 0.3 is 11.9 Å². The maximum Gasteiger partial charge on any atom is 0.312 e. The Labute approximate surface area is 108 Å². The molecular formula is C13H23NO4. The van der Waals surface area contributed by atoms with Crippen molar-refractivity contribution in [2.24, 2.45) is 11.3 Å². The van der Waals surface area contributed by atoms with Gasteiger partial charge in [0.15, 0.2) is 0 Å². The summed E-state index contributed by atoms with van der Waals surface area (Å²) in [5, 5.41) is 12.3. The van der Waals surface area contributed by atoms with Crippen molar-refractivity contribution in [3.05, 3.63) is 0 Å². The molecule has 0 radical (unpaired) electrons. The zero-order valence-electron chi connectivity index (χ0n) is 11.4. The minimum absolute atomic E-state index is 0.184. The number of carbonyl (C=O) groups is 2. The second kappa shape index (κ2) is 6.18. The predicted octanol–water partition coefficient (Wildman–Crippen LogP) is 1.42. The Morgan fingerprint density at radius 3 is 2.61 bits per heavy atom. The van der Waals surface area contributed by atoms with E-state index in [1.54, 1.807) is 0 Å². The molecule has 0 heterocycles. The number of ether oxygens (including phenoxy) is 1. The van der Waals surface area contributed by atoms with Crippen LogP contribution in [0.15, 0.2) is 0 Å².